The first-order valence-electron chi connectivity index (χ1n) is 41.7. The van der Waals surface area contributed by atoms with Gasteiger partial charge in [0, 0.05) is 0 Å². The molecule has 556 valence electrons. The van der Waals surface area contributed by atoms with Gasteiger partial charge in [-0.05, 0) is 253 Å². The van der Waals surface area contributed by atoms with E-state index >= 15 is 0 Å². The Kier molecular flexibility index (Phi) is 17.1. The lowest BCUT2D eigenvalue weighted by Crippen LogP contribution is -1.96. The van der Waals surface area contributed by atoms with Gasteiger partial charge in [0.2, 0.25) is 0 Å². The first-order chi connectivity index (χ1) is 59.6. The van der Waals surface area contributed by atoms with E-state index in [1.807, 2.05) is 0 Å². The van der Waals surface area contributed by atoms with Gasteiger partial charge in [-0.15, -0.1) is 0 Å². The van der Waals surface area contributed by atoms with Gasteiger partial charge in [0.1, 0.15) is 0 Å². The molecule has 0 atom stereocenters. The zero-order valence-corrected chi connectivity index (χ0v) is 65.9. The van der Waals surface area contributed by atoms with E-state index in [4.69, 9.17) is 0 Å². The van der Waals surface area contributed by atoms with Crippen LogP contribution in [0.25, 0.3) is 241 Å². The highest BCUT2D eigenvalue weighted by atomic mass is 14.3. The van der Waals surface area contributed by atoms with Gasteiger partial charge in [-0.3, -0.25) is 0 Å². The second kappa shape index (κ2) is 29.3. The highest BCUT2D eigenvalue weighted by Gasteiger charge is 2.28. The topological polar surface area (TPSA) is 0 Å². The maximum absolute atomic E-state index is 2.36. The number of rotatable bonds is 10. The van der Waals surface area contributed by atoms with Gasteiger partial charge in [-0.25, -0.2) is 0 Å². The summed E-state index contributed by atoms with van der Waals surface area (Å²) in [5.41, 5.74) is 25.0. The Morgan fingerprint density at radius 2 is 0.258 bits per heavy atom. The molecule has 0 saturated heterocycles. The predicted octanol–water partition coefficient (Wildman–Crippen LogP) is 33.9. The van der Waals surface area contributed by atoms with Crippen molar-refractivity contribution in [3.05, 3.63) is 461 Å². The van der Waals surface area contributed by atoms with Crippen molar-refractivity contribution in [2.75, 3.05) is 0 Å². The molecular weight excluding hydrogens is 1440 g/mol. The highest BCUT2D eigenvalue weighted by molar-refractivity contribution is 6.35. The average molecular weight is 1520 g/mol. The highest BCUT2D eigenvalue weighted by Crippen LogP contribution is 2.56. The molecule has 0 aromatic heterocycles. The van der Waals surface area contributed by atoms with E-state index < -0.39 is 0 Å². The molecule has 24 rings (SSSR count). The Balaban J connectivity index is 0.000000141. The average Bonchev–Trinajstić information content (AvgIpc) is 0.681. The second-order valence-electron chi connectivity index (χ2n) is 31.8. The summed E-state index contributed by atoms with van der Waals surface area (Å²) in [7, 11) is 0. The Morgan fingerprint density at radius 1 is 0.0833 bits per heavy atom. The van der Waals surface area contributed by atoms with Crippen LogP contribution in [-0.2, 0) is 0 Å². The maximum atomic E-state index is 2.36. The minimum atomic E-state index is 1.21. The molecule has 0 aliphatic heterocycles. The van der Waals surface area contributed by atoms with Crippen LogP contribution in [0.1, 0.15) is 0 Å². The Labute approximate surface area is 696 Å². The largest absolute Gasteiger partial charge is 0.0622 e. The fourth-order valence-electron chi connectivity index (χ4n) is 20.1. The van der Waals surface area contributed by atoms with Gasteiger partial charge < -0.3 is 0 Å². The third-order valence-corrected chi connectivity index (χ3v) is 25.3. The normalized spacial score (nSPS) is 11.7. The fourth-order valence-corrected chi connectivity index (χ4v) is 20.1. The Morgan fingerprint density at radius 3 is 0.533 bits per heavy atom. The molecule has 0 bridgehead atoms. The Hall–Kier alpha value is -15.6. The molecule has 0 amide bonds. The molecule has 0 saturated carbocycles. The molecule has 0 spiro atoms. The summed E-state index contributed by atoms with van der Waals surface area (Å²) < 4.78 is 0. The lowest BCUT2D eigenvalue weighted by atomic mass is 9.79. The van der Waals surface area contributed by atoms with Crippen molar-refractivity contribution in [3.8, 4) is 111 Å². The van der Waals surface area contributed by atoms with Gasteiger partial charge in [0.05, 0.1) is 0 Å². The molecule has 0 nitrogen and oxygen atoms in total. The fraction of sp³-hybridized carbons (Fsp3) is 0. The summed E-state index contributed by atoms with van der Waals surface area (Å²) in [6, 6.07) is 170. The van der Waals surface area contributed by atoms with Crippen LogP contribution in [0.15, 0.2) is 461 Å². The van der Waals surface area contributed by atoms with E-state index in [0.29, 0.717) is 0 Å². The summed E-state index contributed by atoms with van der Waals surface area (Å²) >= 11 is 0. The minimum Gasteiger partial charge on any atom is -0.0622 e. The van der Waals surface area contributed by atoms with Crippen molar-refractivity contribution in [1.29, 1.82) is 0 Å². The zero-order valence-electron chi connectivity index (χ0n) is 65.9. The quantitative estimate of drug-likeness (QED) is 0.120. The summed E-state index contributed by atoms with van der Waals surface area (Å²) in [4.78, 5) is 0. The van der Waals surface area contributed by atoms with Crippen LogP contribution in [0.4, 0.5) is 0 Å². The van der Waals surface area contributed by atoms with Crippen LogP contribution in [0.2, 0.25) is 0 Å². The lowest BCUT2D eigenvalue weighted by molar-refractivity contribution is 1.58. The molecule has 120 heavy (non-hydrogen) atoms. The SMILES string of the molecule is c1ccc(-c2ccc(-c3c4ccccc4c(-c4c5ccccc5c(-c5c6ccccc6c(-c6ccc7ccccc7c6)c6ccccc56)c5ccccc45)c4ccccc34)cc2)cc1.c1ccc(-c2ccc(-c3ccccc3-c3c4ccccc4c(-c4c5ccccc5c(-c5ccc6ccccc6c5)c5ccccc45)c4ccccc34)cc2)cc1. The molecular formula is C120H76. The molecule has 0 heterocycles. The number of fused-ring (bicyclic) bond motifs is 12. The zero-order chi connectivity index (χ0) is 79.1. The lowest BCUT2D eigenvalue weighted by Gasteiger charge is -2.24. The maximum Gasteiger partial charge on any atom is -0.00139 e. The number of hydrogen-bond donors (Lipinski definition) is 0. The van der Waals surface area contributed by atoms with Crippen molar-refractivity contribution < 1.29 is 0 Å². The van der Waals surface area contributed by atoms with E-state index in [-0.39, 0.29) is 0 Å². The van der Waals surface area contributed by atoms with E-state index in [0.717, 1.165) is 0 Å². The van der Waals surface area contributed by atoms with E-state index in [1.54, 1.807) is 0 Å². The van der Waals surface area contributed by atoms with Gasteiger partial charge in [-0.2, -0.15) is 0 Å². The van der Waals surface area contributed by atoms with Crippen molar-refractivity contribution in [1.82, 2.24) is 0 Å². The van der Waals surface area contributed by atoms with Crippen LogP contribution < -0.4 is 0 Å². The standard InChI is InChI=1S/C64H40.C56H36/c1-2-18-41(19-3-1)43-34-37-44(38-35-43)59-47-22-6-10-26-51(47)61(52-27-11-7-23-48(52)59)63-55-30-14-16-32-57(55)64(58-33-17-15-31-56(58)63)62-53-28-12-8-24-49(53)60(50-25-9-13-29-54(50)62)46-39-36-42-20-4-5-21-45(42)40-46;1-2-16-37(17-3-1)39-30-33-40(34-31-39)43-20-6-7-21-44(43)54-47-24-10-14-28-51(47)56(52-29-15-11-25-48(52)54)55-49-26-12-8-22-45(49)53(46-23-9-13-27-50(46)55)42-35-32-38-18-4-5-19-41(38)36-42/h1-40H;1-36H. The monoisotopic (exact) mass is 1520 g/mol. The first kappa shape index (κ1) is 69.9. The Bertz CT molecular complexity index is 7950. The molecule has 0 unspecified atom stereocenters. The third kappa shape index (κ3) is 11.6. The minimum absolute atomic E-state index is 1.21. The molecule has 0 aliphatic rings. The van der Waals surface area contributed by atoms with Crippen LogP contribution in [0, 0.1) is 0 Å². The molecule has 0 radical (unpaired) electrons. The summed E-state index contributed by atoms with van der Waals surface area (Å²) in [5, 5.41) is 30.1. The van der Waals surface area contributed by atoms with Gasteiger partial charge in [-0.1, -0.05) is 449 Å². The number of hydrogen-bond acceptors (Lipinski definition) is 0. The number of benzene rings is 24. The molecule has 0 fully saturated rings. The van der Waals surface area contributed by atoms with E-state index in [2.05, 4.69) is 461 Å². The van der Waals surface area contributed by atoms with Crippen LogP contribution in [0.5, 0.6) is 0 Å². The molecule has 24 aromatic rings. The van der Waals surface area contributed by atoms with Gasteiger partial charge in [0.15, 0.2) is 0 Å². The van der Waals surface area contributed by atoms with E-state index in [9.17, 15) is 0 Å². The van der Waals surface area contributed by atoms with Crippen LogP contribution in [0.3, 0.4) is 0 Å². The predicted molar refractivity (Wildman–Crippen MR) is 517 cm³/mol. The second-order valence-corrected chi connectivity index (χ2v) is 31.8. The van der Waals surface area contributed by atoms with Crippen molar-refractivity contribution in [2.24, 2.45) is 0 Å². The van der Waals surface area contributed by atoms with Crippen LogP contribution in [-0.4, -0.2) is 0 Å². The van der Waals surface area contributed by atoms with E-state index in [1.165, 1.54) is 241 Å². The molecule has 0 heteroatoms. The van der Waals surface area contributed by atoms with Crippen molar-refractivity contribution in [3.63, 3.8) is 0 Å². The van der Waals surface area contributed by atoms with Crippen LogP contribution >= 0.6 is 0 Å². The smallest absolute Gasteiger partial charge is 0.00139 e. The van der Waals surface area contributed by atoms with Crippen molar-refractivity contribution in [2.45, 2.75) is 0 Å². The van der Waals surface area contributed by atoms with Gasteiger partial charge >= 0.3 is 0 Å². The molecule has 0 N–H and O–H groups in total. The van der Waals surface area contributed by atoms with Crippen molar-refractivity contribution >= 4 is 129 Å². The summed E-state index contributed by atoms with van der Waals surface area (Å²) in [6.45, 7) is 0. The molecule has 24 aromatic carbocycles. The van der Waals surface area contributed by atoms with Gasteiger partial charge in [0.25, 0.3) is 0 Å². The molecule has 0 aliphatic carbocycles. The summed E-state index contributed by atoms with van der Waals surface area (Å²) in [6.07, 6.45) is 0. The first-order valence-corrected chi connectivity index (χ1v) is 41.7. The third-order valence-electron chi connectivity index (χ3n) is 25.3. The summed E-state index contributed by atoms with van der Waals surface area (Å²) in [5.74, 6) is 0.